The van der Waals surface area contributed by atoms with Gasteiger partial charge in [-0.15, -0.1) is 0 Å². The van der Waals surface area contributed by atoms with Crippen molar-refractivity contribution in [3.05, 3.63) is 0 Å². The van der Waals surface area contributed by atoms with E-state index < -0.39 is 11.5 Å². The van der Waals surface area contributed by atoms with Gasteiger partial charge in [0.1, 0.15) is 6.10 Å². The van der Waals surface area contributed by atoms with Crippen LogP contribution in [0.3, 0.4) is 0 Å². The van der Waals surface area contributed by atoms with Gasteiger partial charge in [0, 0.05) is 12.0 Å². The van der Waals surface area contributed by atoms with Crippen LogP contribution in [0, 0.1) is 0 Å². The maximum atomic E-state index is 11.9. The molecule has 1 fully saturated rings. The van der Waals surface area contributed by atoms with Crippen LogP contribution in [-0.2, 0) is 14.3 Å². The van der Waals surface area contributed by atoms with E-state index in [1.54, 1.807) is 0 Å². The molecule has 0 saturated carbocycles. The van der Waals surface area contributed by atoms with E-state index in [1.807, 2.05) is 20.8 Å². The van der Waals surface area contributed by atoms with Gasteiger partial charge in [-0.25, -0.2) is 0 Å². The summed E-state index contributed by atoms with van der Waals surface area (Å²) in [4.78, 5) is 22.4. The van der Waals surface area contributed by atoms with Gasteiger partial charge >= 0.3 is 5.97 Å². The lowest BCUT2D eigenvalue weighted by molar-refractivity contribution is -0.138. The minimum atomic E-state index is -0.849. The fourth-order valence-electron chi connectivity index (χ4n) is 1.89. The van der Waals surface area contributed by atoms with Crippen LogP contribution in [0.5, 0.6) is 0 Å². The summed E-state index contributed by atoms with van der Waals surface area (Å²) in [5.41, 5.74) is -0.509. The van der Waals surface area contributed by atoms with Crippen LogP contribution in [-0.4, -0.2) is 34.7 Å². The zero-order chi connectivity index (χ0) is 13.1. The van der Waals surface area contributed by atoms with Crippen LogP contribution in [0.25, 0.3) is 0 Å². The molecule has 0 aliphatic carbocycles. The van der Waals surface area contributed by atoms with Gasteiger partial charge in [0.15, 0.2) is 0 Å². The molecule has 5 heteroatoms. The summed E-state index contributed by atoms with van der Waals surface area (Å²) in [5.74, 6) is -0.984. The largest absolute Gasteiger partial charge is 0.481 e. The molecule has 0 aromatic heterocycles. The molecule has 0 aromatic rings. The molecule has 1 amide bonds. The molecular formula is C12H21NO4. The first-order valence-corrected chi connectivity index (χ1v) is 5.99. The molecule has 1 aliphatic rings. The van der Waals surface area contributed by atoms with Gasteiger partial charge in [0.2, 0.25) is 5.91 Å². The number of hydrogen-bond donors (Lipinski definition) is 2. The average molecular weight is 243 g/mol. The number of ether oxygens (including phenoxy) is 1. The predicted molar refractivity (Wildman–Crippen MR) is 62.7 cm³/mol. The monoisotopic (exact) mass is 243 g/mol. The highest BCUT2D eigenvalue weighted by molar-refractivity contribution is 5.81. The zero-order valence-corrected chi connectivity index (χ0v) is 10.7. The van der Waals surface area contributed by atoms with Crippen molar-refractivity contribution >= 4 is 11.9 Å². The third kappa shape index (κ3) is 4.73. The molecule has 0 spiro atoms. The van der Waals surface area contributed by atoms with Gasteiger partial charge in [-0.3, -0.25) is 9.59 Å². The predicted octanol–water partition coefficient (Wildman–Crippen LogP) is 1.31. The highest BCUT2D eigenvalue weighted by atomic mass is 16.5. The Kier molecular flexibility index (Phi) is 4.51. The number of amides is 1. The van der Waals surface area contributed by atoms with Crippen LogP contribution in [0.1, 0.15) is 46.5 Å². The lowest BCUT2D eigenvalue weighted by Crippen LogP contribution is -2.48. The van der Waals surface area contributed by atoms with Crippen LogP contribution in [0.4, 0.5) is 0 Å². The normalized spacial score (nSPS) is 24.6. The summed E-state index contributed by atoms with van der Waals surface area (Å²) in [5, 5.41) is 11.5. The van der Waals surface area contributed by atoms with Crippen molar-refractivity contribution in [2.45, 2.75) is 64.2 Å². The maximum Gasteiger partial charge on any atom is 0.303 e. The minimum absolute atomic E-state index is 0.0508. The minimum Gasteiger partial charge on any atom is -0.481 e. The number of carbonyl (C=O) groups is 2. The van der Waals surface area contributed by atoms with Crippen molar-refractivity contribution in [3.8, 4) is 0 Å². The smallest absolute Gasteiger partial charge is 0.303 e. The van der Waals surface area contributed by atoms with Gasteiger partial charge in [0.25, 0.3) is 0 Å². The molecule has 1 heterocycles. The van der Waals surface area contributed by atoms with E-state index in [9.17, 15) is 9.59 Å². The fraction of sp³-hybridized carbons (Fsp3) is 0.833. The first kappa shape index (κ1) is 14.0. The molecular weight excluding hydrogens is 222 g/mol. The van der Waals surface area contributed by atoms with Gasteiger partial charge in [-0.2, -0.15) is 0 Å². The van der Waals surface area contributed by atoms with E-state index in [-0.39, 0.29) is 24.5 Å². The summed E-state index contributed by atoms with van der Waals surface area (Å²) in [6.45, 7) is 5.60. The zero-order valence-electron chi connectivity index (χ0n) is 10.7. The van der Waals surface area contributed by atoms with Crippen molar-refractivity contribution in [2.24, 2.45) is 0 Å². The Hall–Kier alpha value is -1.10. The SMILES string of the molecule is C[C@@H]1CC[C@H](C(=O)NC(C)(C)CCC(=O)O)O1. The van der Waals surface area contributed by atoms with Crippen LogP contribution in [0.15, 0.2) is 0 Å². The van der Waals surface area contributed by atoms with Crippen LogP contribution in [0.2, 0.25) is 0 Å². The first-order valence-electron chi connectivity index (χ1n) is 5.99. The first-order chi connectivity index (χ1) is 7.80. The van der Waals surface area contributed by atoms with E-state index in [0.29, 0.717) is 6.42 Å². The number of nitrogens with one attached hydrogen (secondary N) is 1. The summed E-state index contributed by atoms with van der Waals surface area (Å²) in [6.07, 6.45) is 1.85. The molecule has 98 valence electrons. The Balaban J connectivity index is 2.41. The molecule has 2 atom stereocenters. The molecule has 17 heavy (non-hydrogen) atoms. The van der Waals surface area contributed by atoms with Crippen molar-refractivity contribution in [1.82, 2.24) is 5.32 Å². The van der Waals surface area contributed by atoms with Gasteiger partial charge in [-0.05, 0) is 40.0 Å². The maximum absolute atomic E-state index is 11.9. The Bertz CT molecular complexity index is 301. The lowest BCUT2D eigenvalue weighted by Gasteiger charge is -2.27. The lowest BCUT2D eigenvalue weighted by atomic mass is 9.98. The van der Waals surface area contributed by atoms with Gasteiger partial charge in [-0.1, -0.05) is 0 Å². The second-order valence-corrected chi connectivity index (χ2v) is 5.28. The molecule has 0 radical (unpaired) electrons. The van der Waals surface area contributed by atoms with E-state index in [4.69, 9.17) is 9.84 Å². The second kappa shape index (κ2) is 5.49. The van der Waals surface area contributed by atoms with Crippen LogP contribution >= 0.6 is 0 Å². The van der Waals surface area contributed by atoms with Gasteiger partial charge < -0.3 is 15.2 Å². The molecule has 1 saturated heterocycles. The number of aliphatic carboxylic acids is 1. The number of rotatable bonds is 5. The number of hydrogen-bond acceptors (Lipinski definition) is 3. The molecule has 5 nitrogen and oxygen atoms in total. The van der Waals surface area contributed by atoms with Crippen molar-refractivity contribution < 1.29 is 19.4 Å². The van der Waals surface area contributed by atoms with Crippen molar-refractivity contribution in [1.29, 1.82) is 0 Å². The molecule has 1 rings (SSSR count). The summed E-state index contributed by atoms with van der Waals surface area (Å²) < 4.78 is 5.47. The highest BCUT2D eigenvalue weighted by Crippen LogP contribution is 2.20. The standard InChI is InChI=1S/C12H21NO4/c1-8-4-5-9(17-8)11(16)13-12(2,3)7-6-10(14)15/h8-9H,4-7H2,1-3H3,(H,13,16)(H,14,15)/t8-,9-/m1/s1. The van der Waals surface area contributed by atoms with E-state index in [1.165, 1.54) is 0 Å². The third-order valence-electron chi connectivity index (χ3n) is 2.95. The molecule has 0 unspecified atom stereocenters. The quantitative estimate of drug-likeness (QED) is 0.763. The fourth-order valence-corrected chi connectivity index (χ4v) is 1.89. The van der Waals surface area contributed by atoms with E-state index in [2.05, 4.69) is 5.32 Å². The number of carboxylic acids is 1. The van der Waals surface area contributed by atoms with Gasteiger partial charge in [0.05, 0.1) is 6.10 Å². The summed E-state index contributed by atoms with van der Waals surface area (Å²) in [6, 6.07) is 0. The van der Waals surface area contributed by atoms with E-state index in [0.717, 1.165) is 12.8 Å². The second-order valence-electron chi connectivity index (χ2n) is 5.28. The highest BCUT2D eigenvalue weighted by Gasteiger charge is 2.31. The third-order valence-corrected chi connectivity index (χ3v) is 2.95. The van der Waals surface area contributed by atoms with E-state index >= 15 is 0 Å². The number of carbonyl (C=O) groups excluding carboxylic acids is 1. The Morgan fingerprint density at radius 3 is 2.53 bits per heavy atom. The topological polar surface area (TPSA) is 75.6 Å². The number of carboxylic acid groups (broad SMARTS) is 1. The van der Waals surface area contributed by atoms with Crippen LogP contribution < -0.4 is 5.32 Å². The molecule has 2 N–H and O–H groups in total. The molecule has 0 aromatic carbocycles. The molecule has 0 bridgehead atoms. The van der Waals surface area contributed by atoms with Crippen molar-refractivity contribution in [3.63, 3.8) is 0 Å². The Morgan fingerprint density at radius 1 is 1.41 bits per heavy atom. The Labute approximate surface area is 102 Å². The average Bonchev–Trinajstić information content (AvgIpc) is 2.61. The summed E-state index contributed by atoms with van der Waals surface area (Å²) in [7, 11) is 0. The Morgan fingerprint density at radius 2 is 2.06 bits per heavy atom. The molecule has 1 aliphatic heterocycles. The summed E-state index contributed by atoms with van der Waals surface area (Å²) >= 11 is 0. The van der Waals surface area contributed by atoms with Crippen molar-refractivity contribution in [2.75, 3.05) is 0 Å².